The average Bonchev–Trinajstić information content (AvgIpc) is 2.16. The molecular formula is C7H6N4O3. The lowest BCUT2D eigenvalue weighted by Crippen LogP contribution is -2.11. The fourth-order valence-corrected chi connectivity index (χ4v) is 0.995. The molecule has 0 saturated heterocycles. The van der Waals surface area contributed by atoms with E-state index in [4.69, 9.17) is 11.3 Å². The number of nitrogens with two attached hydrogens (primary N) is 1. The minimum atomic E-state index is -0.847. The molecular weight excluding hydrogens is 188 g/mol. The third kappa shape index (κ3) is 1.56. The maximum Gasteiger partial charge on any atom is 0.297 e. The second-order valence-electron chi connectivity index (χ2n) is 2.41. The quantitative estimate of drug-likeness (QED) is 0.428. The molecule has 0 atom stereocenters. The predicted octanol–water partition coefficient (Wildman–Crippen LogP) is 1.36. The number of nitro groups is 1. The van der Waals surface area contributed by atoms with Gasteiger partial charge in [0, 0.05) is 6.07 Å². The van der Waals surface area contributed by atoms with Crippen LogP contribution >= 0.6 is 0 Å². The first-order chi connectivity index (χ1) is 6.57. The summed E-state index contributed by atoms with van der Waals surface area (Å²) in [5, 5.41) is 13.4. The summed E-state index contributed by atoms with van der Waals surface area (Å²) in [7, 11) is 0. The van der Waals surface area contributed by atoms with Crippen molar-refractivity contribution in [2.45, 2.75) is 0 Å². The Labute approximate surface area is 78.2 Å². The Morgan fingerprint density at radius 1 is 1.57 bits per heavy atom. The molecule has 0 spiro atoms. The maximum absolute atomic E-state index is 10.8. The second kappa shape index (κ2) is 3.60. The van der Waals surface area contributed by atoms with Crippen molar-refractivity contribution in [3.05, 3.63) is 33.9 Å². The Balaban J connectivity index is 3.47. The molecule has 0 aliphatic heterocycles. The first-order valence-corrected chi connectivity index (χ1v) is 3.52. The summed E-state index contributed by atoms with van der Waals surface area (Å²) >= 11 is 0. The molecule has 0 aliphatic rings. The molecule has 1 rings (SSSR count). The Hall–Kier alpha value is -2.31. The van der Waals surface area contributed by atoms with Crippen LogP contribution < -0.4 is 5.73 Å². The van der Waals surface area contributed by atoms with Gasteiger partial charge < -0.3 is 5.73 Å². The van der Waals surface area contributed by atoms with E-state index in [2.05, 4.69) is 5.11 Å². The number of primary amides is 1. The highest BCUT2D eigenvalue weighted by atomic mass is 16.6. The first kappa shape index (κ1) is 9.78. The van der Waals surface area contributed by atoms with E-state index in [1.165, 1.54) is 12.1 Å². The standard InChI is InChI=1S/C7H6N4O3/c8-7(12)4-2-1-3-5(11(13)14)6(4)10-9/h1-3,9H,(H2,8,12). The summed E-state index contributed by atoms with van der Waals surface area (Å²) in [6.45, 7) is 0. The molecule has 0 heterocycles. The summed E-state index contributed by atoms with van der Waals surface area (Å²) in [4.78, 5) is 20.6. The molecule has 14 heavy (non-hydrogen) atoms. The topological polar surface area (TPSA) is 122 Å². The monoisotopic (exact) mass is 194 g/mol. The molecule has 1 amide bonds. The van der Waals surface area contributed by atoms with Gasteiger partial charge in [0.05, 0.1) is 10.5 Å². The number of carbonyl (C=O) groups is 1. The molecule has 0 unspecified atom stereocenters. The van der Waals surface area contributed by atoms with Crippen molar-refractivity contribution in [3.8, 4) is 0 Å². The van der Waals surface area contributed by atoms with E-state index < -0.39 is 16.5 Å². The highest BCUT2D eigenvalue weighted by Crippen LogP contribution is 2.30. The van der Waals surface area contributed by atoms with Crippen LogP contribution in [0.2, 0.25) is 0 Å². The molecule has 3 N–H and O–H groups in total. The second-order valence-corrected chi connectivity index (χ2v) is 2.41. The largest absolute Gasteiger partial charge is 0.366 e. The number of hydrogen-bond acceptors (Lipinski definition) is 5. The van der Waals surface area contributed by atoms with Gasteiger partial charge in [-0.1, -0.05) is 6.07 Å². The lowest BCUT2D eigenvalue weighted by Gasteiger charge is -1.99. The number of para-hydroxylation sites is 1. The van der Waals surface area contributed by atoms with Crippen molar-refractivity contribution in [1.82, 2.24) is 0 Å². The molecule has 1 aromatic rings. The van der Waals surface area contributed by atoms with Crippen LogP contribution in [0.3, 0.4) is 0 Å². The Morgan fingerprint density at radius 2 is 2.21 bits per heavy atom. The van der Waals surface area contributed by atoms with Crippen molar-refractivity contribution >= 4 is 17.3 Å². The van der Waals surface area contributed by atoms with Crippen molar-refractivity contribution < 1.29 is 9.72 Å². The number of benzene rings is 1. The van der Waals surface area contributed by atoms with Crippen LogP contribution in [0.1, 0.15) is 10.4 Å². The third-order valence-electron chi connectivity index (χ3n) is 1.59. The fraction of sp³-hybridized carbons (Fsp3) is 0. The van der Waals surface area contributed by atoms with Gasteiger partial charge in [-0.3, -0.25) is 14.9 Å². The van der Waals surface area contributed by atoms with Gasteiger partial charge in [0.15, 0.2) is 5.69 Å². The SMILES string of the molecule is N=Nc1c(C(N)=O)cccc1[N+](=O)[O-]. The number of carbonyl (C=O) groups excluding carboxylic acids is 1. The molecule has 7 heteroatoms. The van der Waals surface area contributed by atoms with Crippen LogP contribution in [-0.2, 0) is 0 Å². The van der Waals surface area contributed by atoms with Crippen LogP contribution in [0.25, 0.3) is 0 Å². The van der Waals surface area contributed by atoms with Gasteiger partial charge in [-0.2, -0.15) is 5.11 Å². The normalized spacial score (nSPS) is 9.43. The fourth-order valence-electron chi connectivity index (χ4n) is 0.995. The van der Waals surface area contributed by atoms with Gasteiger partial charge in [0.25, 0.3) is 11.6 Å². The van der Waals surface area contributed by atoms with Crippen molar-refractivity contribution in [2.75, 3.05) is 0 Å². The minimum absolute atomic E-state index is 0.130. The zero-order chi connectivity index (χ0) is 10.7. The first-order valence-electron chi connectivity index (χ1n) is 3.52. The lowest BCUT2D eigenvalue weighted by molar-refractivity contribution is -0.384. The van der Waals surface area contributed by atoms with Crippen LogP contribution in [0.15, 0.2) is 23.3 Å². The van der Waals surface area contributed by atoms with Gasteiger partial charge in [0.2, 0.25) is 0 Å². The van der Waals surface area contributed by atoms with E-state index in [1.807, 2.05) is 0 Å². The molecule has 7 nitrogen and oxygen atoms in total. The number of amides is 1. The highest BCUT2D eigenvalue weighted by molar-refractivity contribution is 5.99. The van der Waals surface area contributed by atoms with Crippen LogP contribution in [0.5, 0.6) is 0 Å². The zero-order valence-corrected chi connectivity index (χ0v) is 6.93. The van der Waals surface area contributed by atoms with E-state index in [0.717, 1.165) is 6.07 Å². The number of nitro benzene ring substituents is 1. The van der Waals surface area contributed by atoms with Crippen LogP contribution in [-0.4, -0.2) is 10.8 Å². The number of rotatable bonds is 3. The van der Waals surface area contributed by atoms with Gasteiger partial charge in [-0.25, -0.2) is 5.53 Å². The molecule has 1 aromatic carbocycles. The summed E-state index contributed by atoms with van der Waals surface area (Å²) in [6, 6.07) is 3.75. The van der Waals surface area contributed by atoms with Crippen molar-refractivity contribution in [1.29, 1.82) is 5.53 Å². The van der Waals surface area contributed by atoms with E-state index in [9.17, 15) is 14.9 Å². The summed E-state index contributed by atoms with van der Waals surface area (Å²) < 4.78 is 0. The van der Waals surface area contributed by atoms with E-state index >= 15 is 0 Å². The lowest BCUT2D eigenvalue weighted by atomic mass is 10.1. The molecule has 0 bridgehead atoms. The third-order valence-corrected chi connectivity index (χ3v) is 1.59. The summed E-state index contributed by atoms with van der Waals surface area (Å²) in [5.41, 5.74) is 10.8. The highest BCUT2D eigenvalue weighted by Gasteiger charge is 2.19. The van der Waals surface area contributed by atoms with Gasteiger partial charge in [0.1, 0.15) is 0 Å². The van der Waals surface area contributed by atoms with Gasteiger partial charge in [-0.05, 0) is 6.07 Å². The van der Waals surface area contributed by atoms with Gasteiger partial charge >= 0.3 is 0 Å². The van der Waals surface area contributed by atoms with Crippen LogP contribution in [0, 0.1) is 15.6 Å². The Kier molecular flexibility index (Phi) is 2.52. The molecule has 0 fully saturated rings. The maximum atomic E-state index is 10.8. The number of nitrogens with one attached hydrogen (secondary N) is 1. The van der Waals surface area contributed by atoms with Crippen molar-refractivity contribution in [3.63, 3.8) is 0 Å². The Morgan fingerprint density at radius 3 is 2.64 bits per heavy atom. The van der Waals surface area contributed by atoms with Crippen molar-refractivity contribution in [2.24, 2.45) is 10.8 Å². The minimum Gasteiger partial charge on any atom is -0.366 e. The molecule has 0 aliphatic carbocycles. The molecule has 0 saturated carbocycles. The zero-order valence-electron chi connectivity index (χ0n) is 6.93. The molecule has 0 aromatic heterocycles. The smallest absolute Gasteiger partial charge is 0.297 e. The van der Waals surface area contributed by atoms with Gasteiger partial charge in [-0.15, -0.1) is 0 Å². The number of hydrogen-bond donors (Lipinski definition) is 2. The summed E-state index contributed by atoms with van der Waals surface area (Å²) in [5.74, 6) is -0.847. The molecule has 0 radical (unpaired) electrons. The van der Waals surface area contributed by atoms with Crippen LogP contribution in [0.4, 0.5) is 11.4 Å². The summed E-state index contributed by atoms with van der Waals surface area (Å²) in [6.07, 6.45) is 0. The predicted molar refractivity (Wildman–Crippen MR) is 46.4 cm³/mol. The van der Waals surface area contributed by atoms with E-state index in [1.54, 1.807) is 0 Å². The average molecular weight is 194 g/mol. The molecule has 72 valence electrons. The Bertz CT molecular complexity index is 383. The van der Waals surface area contributed by atoms with E-state index in [0.29, 0.717) is 0 Å². The number of nitrogens with zero attached hydrogens (tertiary/aromatic N) is 2. The van der Waals surface area contributed by atoms with E-state index in [-0.39, 0.29) is 11.3 Å².